The SMILES string of the molecule is Cc1nc(N2CCN(C(=O)c3ccc(F)cc3Cl)CC2)cc(-n2cnc(C)c2C)n1. The second kappa shape index (κ2) is 8.02. The van der Waals surface area contributed by atoms with Gasteiger partial charge >= 0.3 is 0 Å². The van der Waals surface area contributed by atoms with Gasteiger partial charge in [0.05, 0.1) is 16.3 Å². The van der Waals surface area contributed by atoms with Crippen molar-refractivity contribution in [3.05, 3.63) is 64.2 Å². The first-order valence-corrected chi connectivity index (χ1v) is 10.1. The van der Waals surface area contributed by atoms with E-state index in [4.69, 9.17) is 11.6 Å². The van der Waals surface area contributed by atoms with Gasteiger partial charge in [-0.1, -0.05) is 11.6 Å². The molecular weight excluding hydrogens is 407 g/mol. The summed E-state index contributed by atoms with van der Waals surface area (Å²) < 4.78 is 15.2. The number of carbonyl (C=O) groups is 1. The van der Waals surface area contributed by atoms with Crippen LogP contribution in [0.3, 0.4) is 0 Å². The summed E-state index contributed by atoms with van der Waals surface area (Å²) in [7, 11) is 0. The van der Waals surface area contributed by atoms with E-state index in [-0.39, 0.29) is 10.9 Å². The highest BCUT2D eigenvalue weighted by Crippen LogP contribution is 2.22. The predicted octanol–water partition coefficient (Wildman–Crippen LogP) is 3.34. The zero-order valence-corrected chi connectivity index (χ0v) is 17.8. The Kier molecular flexibility index (Phi) is 5.42. The number of hydrogen-bond donors (Lipinski definition) is 0. The fourth-order valence-electron chi connectivity index (χ4n) is 3.52. The number of aromatic nitrogens is 4. The van der Waals surface area contributed by atoms with Crippen molar-refractivity contribution in [2.24, 2.45) is 0 Å². The molecule has 0 N–H and O–H groups in total. The predicted molar refractivity (Wildman–Crippen MR) is 113 cm³/mol. The molecule has 1 aliphatic rings. The van der Waals surface area contributed by atoms with E-state index in [1.54, 1.807) is 11.2 Å². The second-order valence-corrected chi connectivity index (χ2v) is 7.73. The maximum absolute atomic E-state index is 13.3. The van der Waals surface area contributed by atoms with Crippen LogP contribution in [0.2, 0.25) is 5.02 Å². The molecule has 1 aromatic carbocycles. The van der Waals surface area contributed by atoms with Gasteiger partial charge in [-0.2, -0.15) is 0 Å². The van der Waals surface area contributed by atoms with Crippen LogP contribution in [0.5, 0.6) is 0 Å². The summed E-state index contributed by atoms with van der Waals surface area (Å²) in [6, 6.07) is 5.79. The Labute approximate surface area is 179 Å². The van der Waals surface area contributed by atoms with Crippen molar-refractivity contribution in [2.75, 3.05) is 31.1 Å². The molecule has 0 spiro atoms. The van der Waals surface area contributed by atoms with Crippen LogP contribution in [-0.4, -0.2) is 56.5 Å². The molecule has 0 unspecified atom stereocenters. The van der Waals surface area contributed by atoms with Gasteiger partial charge in [0.1, 0.15) is 29.6 Å². The van der Waals surface area contributed by atoms with Crippen LogP contribution in [0.15, 0.2) is 30.6 Å². The van der Waals surface area contributed by atoms with E-state index < -0.39 is 5.82 Å². The van der Waals surface area contributed by atoms with Crippen LogP contribution in [-0.2, 0) is 0 Å². The number of benzene rings is 1. The van der Waals surface area contributed by atoms with E-state index in [0.29, 0.717) is 37.6 Å². The summed E-state index contributed by atoms with van der Waals surface area (Å²) in [4.78, 5) is 30.1. The van der Waals surface area contributed by atoms with Crippen LogP contribution in [0.1, 0.15) is 27.6 Å². The molecule has 4 rings (SSSR count). The minimum atomic E-state index is -0.459. The van der Waals surface area contributed by atoms with Gasteiger partial charge in [-0.15, -0.1) is 0 Å². The fraction of sp³-hybridized carbons (Fsp3) is 0.333. The first-order valence-electron chi connectivity index (χ1n) is 9.69. The number of halogens is 2. The number of nitrogens with zero attached hydrogens (tertiary/aromatic N) is 6. The van der Waals surface area contributed by atoms with Gasteiger partial charge in [0.25, 0.3) is 5.91 Å². The number of anilines is 1. The highest BCUT2D eigenvalue weighted by Gasteiger charge is 2.25. The molecule has 1 amide bonds. The van der Waals surface area contributed by atoms with E-state index in [2.05, 4.69) is 19.9 Å². The Bertz CT molecular complexity index is 1110. The van der Waals surface area contributed by atoms with E-state index >= 15 is 0 Å². The molecule has 0 saturated carbocycles. The first kappa shape index (κ1) is 20.3. The topological polar surface area (TPSA) is 67.2 Å². The molecule has 9 heteroatoms. The zero-order chi connectivity index (χ0) is 21.4. The van der Waals surface area contributed by atoms with Crippen LogP contribution < -0.4 is 4.90 Å². The summed E-state index contributed by atoms with van der Waals surface area (Å²) in [5, 5.41) is 0.129. The van der Waals surface area contributed by atoms with Crippen molar-refractivity contribution in [3.63, 3.8) is 0 Å². The second-order valence-electron chi connectivity index (χ2n) is 7.32. The van der Waals surface area contributed by atoms with Crippen molar-refractivity contribution >= 4 is 23.3 Å². The van der Waals surface area contributed by atoms with Crippen molar-refractivity contribution in [1.29, 1.82) is 0 Å². The Hall–Kier alpha value is -3.00. The number of piperazine rings is 1. The minimum Gasteiger partial charge on any atom is -0.353 e. The first-order chi connectivity index (χ1) is 14.3. The molecule has 1 saturated heterocycles. The summed E-state index contributed by atoms with van der Waals surface area (Å²) in [5.41, 5.74) is 2.31. The number of amides is 1. The lowest BCUT2D eigenvalue weighted by molar-refractivity contribution is 0.0746. The molecule has 3 heterocycles. The highest BCUT2D eigenvalue weighted by atomic mass is 35.5. The van der Waals surface area contributed by atoms with Crippen molar-refractivity contribution in [2.45, 2.75) is 20.8 Å². The Morgan fingerprint density at radius 3 is 2.37 bits per heavy atom. The summed E-state index contributed by atoms with van der Waals surface area (Å²) in [5.74, 6) is 1.61. The lowest BCUT2D eigenvalue weighted by Crippen LogP contribution is -2.49. The largest absolute Gasteiger partial charge is 0.353 e. The third-order valence-electron chi connectivity index (χ3n) is 5.36. The van der Waals surface area contributed by atoms with Crippen LogP contribution in [0.25, 0.3) is 5.82 Å². The lowest BCUT2D eigenvalue weighted by Gasteiger charge is -2.35. The Balaban J connectivity index is 1.50. The molecule has 1 fully saturated rings. The van der Waals surface area contributed by atoms with E-state index in [0.717, 1.165) is 29.1 Å². The number of imidazole rings is 1. The van der Waals surface area contributed by atoms with Crippen molar-refractivity contribution in [1.82, 2.24) is 24.4 Å². The Morgan fingerprint density at radius 1 is 1.03 bits per heavy atom. The number of hydrogen-bond acceptors (Lipinski definition) is 5. The Morgan fingerprint density at radius 2 is 1.73 bits per heavy atom. The van der Waals surface area contributed by atoms with Gasteiger partial charge in [-0.25, -0.2) is 19.3 Å². The zero-order valence-electron chi connectivity index (χ0n) is 17.1. The molecule has 156 valence electrons. The van der Waals surface area contributed by atoms with Gasteiger partial charge in [-0.05, 0) is 39.0 Å². The van der Waals surface area contributed by atoms with Crippen LogP contribution in [0, 0.1) is 26.6 Å². The van der Waals surface area contributed by atoms with Crippen LogP contribution >= 0.6 is 11.6 Å². The molecule has 0 aliphatic carbocycles. The highest BCUT2D eigenvalue weighted by molar-refractivity contribution is 6.33. The maximum atomic E-state index is 13.3. The van der Waals surface area contributed by atoms with E-state index in [1.165, 1.54) is 12.1 Å². The lowest BCUT2D eigenvalue weighted by atomic mass is 10.1. The normalized spacial score (nSPS) is 14.3. The average molecular weight is 429 g/mol. The smallest absolute Gasteiger partial charge is 0.255 e. The molecule has 0 bridgehead atoms. The number of rotatable bonds is 3. The standard InChI is InChI=1S/C21H22ClFN6O/c1-13-14(2)29(12-24-13)20-11-19(25-15(3)26-20)27-6-8-28(9-7-27)21(30)17-5-4-16(23)10-18(17)22/h4-5,10-12H,6-9H2,1-3H3. The summed E-state index contributed by atoms with van der Waals surface area (Å²) in [6.07, 6.45) is 1.76. The molecule has 0 radical (unpaired) electrons. The third-order valence-corrected chi connectivity index (χ3v) is 5.67. The third kappa shape index (κ3) is 3.87. The number of carbonyl (C=O) groups excluding carboxylic acids is 1. The molecule has 7 nitrogen and oxygen atoms in total. The van der Waals surface area contributed by atoms with E-state index in [1.807, 2.05) is 31.4 Å². The fourth-order valence-corrected chi connectivity index (χ4v) is 3.77. The van der Waals surface area contributed by atoms with Crippen LogP contribution in [0.4, 0.5) is 10.2 Å². The number of aryl methyl sites for hydroxylation is 2. The molecule has 1 aliphatic heterocycles. The molecule has 2 aromatic heterocycles. The van der Waals surface area contributed by atoms with Gasteiger partial charge in [-0.3, -0.25) is 9.36 Å². The molecule has 0 atom stereocenters. The van der Waals surface area contributed by atoms with Gasteiger partial charge < -0.3 is 9.80 Å². The average Bonchev–Trinajstić information content (AvgIpc) is 3.06. The molecule has 30 heavy (non-hydrogen) atoms. The van der Waals surface area contributed by atoms with Gasteiger partial charge in [0.15, 0.2) is 0 Å². The molecular formula is C21H22ClFN6O. The quantitative estimate of drug-likeness (QED) is 0.640. The van der Waals surface area contributed by atoms with Crippen molar-refractivity contribution < 1.29 is 9.18 Å². The van der Waals surface area contributed by atoms with Gasteiger partial charge in [0, 0.05) is 37.9 Å². The summed E-state index contributed by atoms with van der Waals surface area (Å²) in [6.45, 7) is 8.13. The summed E-state index contributed by atoms with van der Waals surface area (Å²) >= 11 is 6.05. The van der Waals surface area contributed by atoms with E-state index in [9.17, 15) is 9.18 Å². The van der Waals surface area contributed by atoms with Crippen molar-refractivity contribution in [3.8, 4) is 5.82 Å². The minimum absolute atomic E-state index is 0.129. The van der Waals surface area contributed by atoms with Gasteiger partial charge in [0.2, 0.25) is 0 Å². The monoisotopic (exact) mass is 428 g/mol. The maximum Gasteiger partial charge on any atom is 0.255 e. The molecule has 3 aromatic rings.